The summed E-state index contributed by atoms with van der Waals surface area (Å²) in [6.45, 7) is 3.63. The van der Waals surface area contributed by atoms with Gasteiger partial charge >= 0.3 is 0 Å². The molecule has 20 heavy (non-hydrogen) atoms. The van der Waals surface area contributed by atoms with Crippen LogP contribution in [0.2, 0.25) is 0 Å². The van der Waals surface area contributed by atoms with E-state index >= 15 is 0 Å². The highest BCUT2D eigenvalue weighted by Crippen LogP contribution is 2.34. The van der Waals surface area contributed by atoms with Gasteiger partial charge in [0.1, 0.15) is 4.21 Å². The summed E-state index contributed by atoms with van der Waals surface area (Å²) < 4.78 is 27.7. The lowest BCUT2D eigenvalue weighted by molar-refractivity contribution is 0.397. The summed E-state index contributed by atoms with van der Waals surface area (Å²) in [6, 6.07) is 3.96. The van der Waals surface area contributed by atoms with E-state index < -0.39 is 10.0 Å². The predicted octanol–water partition coefficient (Wildman–Crippen LogP) is 2.46. The Labute approximate surface area is 126 Å². The van der Waals surface area contributed by atoms with Crippen LogP contribution in [0.25, 0.3) is 0 Å². The molecule has 1 aliphatic carbocycles. The molecule has 0 spiro atoms. The SMILES string of the molecule is CCCCN(C1CC1)S(=O)(=O)c1ccc(CCNC)s1. The minimum Gasteiger partial charge on any atom is -0.319 e. The fraction of sp³-hybridized carbons (Fsp3) is 0.714. The summed E-state index contributed by atoms with van der Waals surface area (Å²) in [5.74, 6) is 0. The Hall–Kier alpha value is -0.430. The summed E-state index contributed by atoms with van der Waals surface area (Å²) in [7, 11) is -1.38. The maximum atomic E-state index is 12.7. The Morgan fingerprint density at radius 1 is 1.40 bits per heavy atom. The highest BCUT2D eigenvalue weighted by atomic mass is 32.2. The molecule has 1 aliphatic rings. The Kier molecular flexibility index (Phi) is 5.60. The average Bonchev–Trinajstić information content (AvgIpc) is 3.13. The average molecular weight is 316 g/mol. The smallest absolute Gasteiger partial charge is 0.252 e. The number of unbranched alkanes of at least 4 members (excludes halogenated alkanes) is 1. The minimum atomic E-state index is -3.28. The number of rotatable bonds is 9. The molecule has 4 nitrogen and oxygen atoms in total. The van der Waals surface area contributed by atoms with Gasteiger partial charge in [0.25, 0.3) is 10.0 Å². The molecule has 2 rings (SSSR count). The van der Waals surface area contributed by atoms with Gasteiger partial charge in [0.15, 0.2) is 0 Å². The van der Waals surface area contributed by atoms with Crippen LogP contribution in [0.5, 0.6) is 0 Å². The van der Waals surface area contributed by atoms with Crippen molar-refractivity contribution in [2.45, 2.75) is 49.3 Å². The second kappa shape index (κ2) is 7.02. The van der Waals surface area contributed by atoms with E-state index in [1.54, 1.807) is 10.4 Å². The number of hydrogen-bond acceptors (Lipinski definition) is 4. The number of nitrogens with one attached hydrogen (secondary N) is 1. The van der Waals surface area contributed by atoms with Crippen molar-refractivity contribution in [1.82, 2.24) is 9.62 Å². The van der Waals surface area contributed by atoms with Crippen LogP contribution in [0, 0.1) is 0 Å². The largest absolute Gasteiger partial charge is 0.319 e. The van der Waals surface area contributed by atoms with Gasteiger partial charge in [-0.2, -0.15) is 4.31 Å². The van der Waals surface area contributed by atoms with Gasteiger partial charge in [-0.05, 0) is 51.4 Å². The second-order valence-electron chi connectivity index (χ2n) is 5.27. The Morgan fingerprint density at radius 3 is 2.75 bits per heavy atom. The molecule has 0 aliphatic heterocycles. The van der Waals surface area contributed by atoms with Crippen molar-refractivity contribution < 1.29 is 8.42 Å². The molecule has 1 saturated carbocycles. The van der Waals surface area contributed by atoms with Crippen LogP contribution in [0.4, 0.5) is 0 Å². The Balaban J connectivity index is 2.12. The summed E-state index contributed by atoms with van der Waals surface area (Å²) in [5, 5.41) is 3.09. The van der Waals surface area contributed by atoms with E-state index in [9.17, 15) is 8.42 Å². The van der Waals surface area contributed by atoms with E-state index in [0.717, 1.165) is 43.5 Å². The van der Waals surface area contributed by atoms with Gasteiger partial charge in [-0.1, -0.05) is 13.3 Å². The van der Waals surface area contributed by atoms with Crippen molar-refractivity contribution in [2.75, 3.05) is 20.1 Å². The van der Waals surface area contributed by atoms with Crippen molar-refractivity contribution in [1.29, 1.82) is 0 Å². The van der Waals surface area contributed by atoms with E-state index in [0.29, 0.717) is 10.8 Å². The van der Waals surface area contributed by atoms with Gasteiger partial charge in [0.2, 0.25) is 0 Å². The van der Waals surface area contributed by atoms with E-state index in [1.807, 2.05) is 13.1 Å². The molecule has 0 amide bonds. The van der Waals surface area contributed by atoms with Gasteiger partial charge in [-0.25, -0.2) is 8.42 Å². The third-order valence-electron chi connectivity index (χ3n) is 3.51. The summed E-state index contributed by atoms with van der Waals surface area (Å²) in [6.07, 6.45) is 4.88. The van der Waals surface area contributed by atoms with Crippen molar-refractivity contribution >= 4 is 21.4 Å². The first-order chi connectivity index (χ1) is 9.59. The normalized spacial score (nSPS) is 15.9. The number of nitrogens with zero attached hydrogens (tertiary/aromatic N) is 1. The van der Waals surface area contributed by atoms with E-state index in [1.165, 1.54) is 11.3 Å². The van der Waals surface area contributed by atoms with Gasteiger partial charge < -0.3 is 5.32 Å². The second-order valence-corrected chi connectivity index (χ2v) is 8.56. The third-order valence-corrected chi connectivity index (χ3v) is 7.07. The van der Waals surface area contributed by atoms with Gasteiger partial charge in [0, 0.05) is 17.5 Å². The fourth-order valence-corrected chi connectivity index (χ4v) is 5.38. The molecule has 0 atom stereocenters. The molecule has 0 unspecified atom stereocenters. The lowest BCUT2D eigenvalue weighted by Crippen LogP contribution is -2.33. The van der Waals surface area contributed by atoms with Crippen molar-refractivity contribution in [3.63, 3.8) is 0 Å². The van der Waals surface area contributed by atoms with Crippen molar-refractivity contribution in [2.24, 2.45) is 0 Å². The summed E-state index contributed by atoms with van der Waals surface area (Å²) >= 11 is 1.42. The van der Waals surface area contributed by atoms with E-state index in [2.05, 4.69) is 12.2 Å². The van der Waals surface area contributed by atoms with Crippen LogP contribution >= 0.6 is 11.3 Å². The Morgan fingerprint density at radius 2 is 2.15 bits per heavy atom. The maximum Gasteiger partial charge on any atom is 0.252 e. The van der Waals surface area contributed by atoms with Gasteiger partial charge in [-0.3, -0.25) is 0 Å². The first-order valence-corrected chi connectivity index (χ1v) is 9.60. The van der Waals surface area contributed by atoms with Gasteiger partial charge in [-0.15, -0.1) is 11.3 Å². The fourth-order valence-electron chi connectivity index (χ4n) is 2.17. The number of thiophene rings is 1. The van der Waals surface area contributed by atoms with E-state index in [4.69, 9.17) is 0 Å². The molecule has 0 bridgehead atoms. The predicted molar refractivity (Wildman–Crippen MR) is 83.8 cm³/mol. The first-order valence-electron chi connectivity index (χ1n) is 7.34. The zero-order valence-electron chi connectivity index (χ0n) is 12.3. The maximum absolute atomic E-state index is 12.7. The summed E-state index contributed by atoms with van der Waals surface area (Å²) in [5.41, 5.74) is 0. The zero-order valence-corrected chi connectivity index (χ0v) is 13.9. The molecule has 1 N–H and O–H groups in total. The summed E-state index contributed by atoms with van der Waals surface area (Å²) in [4.78, 5) is 1.13. The van der Waals surface area contributed by atoms with Crippen molar-refractivity contribution in [3.05, 3.63) is 17.0 Å². The molecular weight excluding hydrogens is 292 g/mol. The molecule has 1 aromatic rings. The molecule has 1 heterocycles. The van der Waals surface area contributed by atoms with Crippen LogP contribution in [0.3, 0.4) is 0 Å². The molecule has 1 fully saturated rings. The van der Waals surface area contributed by atoms with Crippen LogP contribution in [0.15, 0.2) is 16.3 Å². The third kappa shape index (κ3) is 3.81. The first kappa shape index (κ1) is 15.9. The molecular formula is C14H24N2O2S2. The lowest BCUT2D eigenvalue weighted by atomic mass is 10.3. The monoisotopic (exact) mass is 316 g/mol. The number of hydrogen-bond donors (Lipinski definition) is 1. The molecule has 0 aromatic carbocycles. The Bertz CT molecular complexity index is 521. The van der Waals surface area contributed by atoms with Crippen LogP contribution in [-0.2, 0) is 16.4 Å². The molecule has 0 saturated heterocycles. The van der Waals surface area contributed by atoms with Crippen LogP contribution < -0.4 is 5.32 Å². The van der Waals surface area contributed by atoms with Gasteiger partial charge in [0.05, 0.1) is 0 Å². The molecule has 114 valence electrons. The standard InChI is InChI=1S/C14H24N2O2S2/c1-3-4-11-16(12-5-6-12)20(17,18)14-8-7-13(19-14)9-10-15-2/h7-8,12,15H,3-6,9-11H2,1-2H3. The number of likely N-dealkylation sites (N-methyl/N-ethyl adjacent to an activating group) is 1. The topological polar surface area (TPSA) is 49.4 Å². The van der Waals surface area contributed by atoms with E-state index in [-0.39, 0.29) is 6.04 Å². The highest BCUT2D eigenvalue weighted by molar-refractivity contribution is 7.91. The number of sulfonamides is 1. The minimum absolute atomic E-state index is 0.245. The van der Waals surface area contributed by atoms with Crippen molar-refractivity contribution in [3.8, 4) is 0 Å². The molecule has 1 aromatic heterocycles. The highest BCUT2D eigenvalue weighted by Gasteiger charge is 2.38. The lowest BCUT2D eigenvalue weighted by Gasteiger charge is -2.20. The zero-order chi connectivity index (χ0) is 14.6. The molecule has 0 radical (unpaired) electrons. The quantitative estimate of drug-likeness (QED) is 0.761. The van der Waals surface area contributed by atoms with Crippen LogP contribution in [-0.4, -0.2) is 38.9 Å². The van der Waals surface area contributed by atoms with Crippen LogP contribution in [0.1, 0.15) is 37.5 Å². The molecule has 6 heteroatoms.